The van der Waals surface area contributed by atoms with Crippen molar-refractivity contribution in [2.75, 3.05) is 18.5 Å². The molecule has 1 unspecified atom stereocenters. The lowest BCUT2D eigenvalue weighted by molar-refractivity contribution is -0.119. The lowest BCUT2D eigenvalue weighted by Crippen LogP contribution is -2.26. The first-order chi connectivity index (χ1) is 10.7. The molecular weight excluding hydrogens is 350 g/mol. The number of halogens is 1. The second-order valence-electron chi connectivity index (χ2n) is 4.91. The van der Waals surface area contributed by atoms with Gasteiger partial charge in [-0.05, 0) is 34.5 Å². The molecule has 22 heavy (non-hydrogen) atoms. The van der Waals surface area contributed by atoms with Crippen molar-refractivity contribution in [3.63, 3.8) is 0 Å². The van der Waals surface area contributed by atoms with Gasteiger partial charge in [0.1, 0.15) is 19.3 Å². The highest BCUT2D eigenvalue weighted by atomic mass is 79.9. The third-order valence-electron chi connectivity index (χ3n) is 3.39. The molecule has 0 spiro atoms. The summed E-state index contributed by atoms with van der Waals surface area (Å²) in [4.78, 5) is 12.5. The van der Waals surface area contributed by atoms with Crippen molar-refractivity contribution in [1.29, 1.82) is 0 Å². The van der Waals surface area contributed by atoms with E-state index in [1.807, 2.05) is 6.92 Å². The first-order valence-corrected chi connectivity index (χ1v) is 7.87. The molecular formula is C15H16BrN3O3. The number of ether oxygens (including phenoxy) is 2. The molecule has 0 saturated heterocycles. The van der Waals surface area contributed by atoms with Crippen LogP contribution in [0.15, 0.2) is 35.1 Å². The minimum Gasteiger partial charge on any atom is -0.486 e. The number of nitrogens with one attached hydrogen (secondary N) is 1. The summed E-state index contributed by atoms with van der Waals surface area (Å²) in [6.45, 7) is 3.01. The summed E-state index contributed by atoms with van der Waals surface area (Å²) in [6.07, 6.45) is 4.10. The van der Waals surface area contributed by atoms with Crippen molar-refractivity contribution in [1.82, 2.24) is 9.78 Å². The molecule has 2 heterocycles. The minimum absolute atomic E-state index is 0.116. The molecule has 6 nitrogen and oxygen atoms in total. The van der Waals surface area contributed by atoms with Gasteiger partial charge in [-0.25, -0.2) is 0 Å². The predicted octanol–water partition coefficient (Wildman–Crippen LogP) is 3.01. The van der Waals surface area contributed by atoms with Gasteiger partial charge >= 0.3 is 0 Å². The molecule has 1 amide bonds. The van der Waals surface area contributed by atoms with Crippen LogP contribution in [0.1, 0.15) is 19.4 Å². The van der Waals surface area contributed by atoms with Gasteiger partial charge in [0.2, 0.25) is 5.91 Å². The Bertz CT molecular complexity index is 686. The van der Waals surface area contributed by atoms with Crippen LogP contribution >= 0.6 is 15.9 Å². The minimum atomic E-state index is -0.362. The number of aromatic nitrogens is 2. The van der Waals surface area contributed by atoms with Gasteiger partial charge in [-0.15, -0.1) is 0 Å². The molecule has 1 N–H and O–H groups in total. The summed E-state index contributed by atoms with van der Waals surface area (Å²) in [5, 5.41) is 7.08. The van der Waals surface area contributed by atoms with Crippen LogP contribution in [0, 0.1) is 0 Å². The Morgan fingerprint density at radius 2 is 2.18 bits per heavy atom. The second kappa shape index (κ2) is 6.39. The van der Waals surface area contributed by atoms with Crippen LogP contribution < -0.4 is 14.8 Å². The first-order valence-electron chi connectivity index (χ1n) is 7.07. The van der Waals surface area contributed by atoms with Crippen molar-refractivity contribution >= 4 is 27.5 Å². The Balaban J connectivity index is 1.75. The fourth-order valence-corrected chi connectivity index (χ4v) is 2.63. The number of carbonyl (C=O) groups excluding carboxylic acids is 1. The molecule has 0 bridgehead atoms. The molecule has 1 aromatic carbocycles. The maximum atomic E-state index is 12.5. The number of carbonyl (C=O) groups is 1. The van der Waals surface area contributed by atoms with E-state index in [9.17, 15) is 4.79 Å². The quantitative estimate of drug-likeness (QED) is 0.904. The summed E-state index contributed by atoms with van der Waals surface area (Å²) >= 11 is 3.34. The zero-order chi connectivity index (χ0) is 15.5. The Hall–Kier alpha value is -2.02. The van der Waals surface area contributed by atoms with E-state index in [2.05, 4.69) is 26.3 Å². The van der Waals surface area contributed by atoms with E-state index in [1.165, 1.54) is 0 Å². The normalized spacial score (nSPS) is 14.5. The van der Waals surface area contributed by atoms with E-state index in [1.54, 1.807) is 35.3 Å². The Morgan fingerprint density at radius 3 is 2.86 bits per heavy atom. The zero-order valence-electron chi connectivity index (χ0n) is 12.1. The number of nitrogens with zero attached hydrogens (tertiary/aromatic N) is 2. The lowest BCUT2D eigenvalue weighted by atomic mass is 10.2. The standard InChI is InChI=1S/C15H16BrN3O3/c1-2-12(19-9-10(16)8-17-19)15(20)18-11-3-4-13-14(7-11)22-6-5-21-13/h3-4,7-9,12H,2,5-6H2,1H3,(H,18,20). The highest BCUT2D eigenvalue weighted by Crippen LogP contribution is 2.32. The van der Waals surface area contributed by atoms with E-state index in [4.69, 9.17) is 9.47 Å². The van der Waals surface area contributed by atoms with Gasteiger partial charge in [-0.3, -0.25) is 9.48 Å². The summed E-state index contributed by atoms with van der Waals surface area (Å²) in [5.41, 5.74) is 0.680. The van der Waals surface area contributed by atoms with Crippen molar-refractivity contribution < 1.29 is 14.3 Å². The summed E-state index contributed by atoms with van der Waals surface area (Å²) in [5.74, 6) is 1.24. The van der Waals surface area contributed by atoms with Crippen LogP contribution in [0.25, 0.3) is 0 Å². The van der Waals surface area contributed by atoms with E-state index < -0.39 is 0 Å². The molecule has 1 aliphatic rings. The van der Waals surface area contributed by atoms with Gasteiger partial charge in [0.05, 0.1) is 10.7 Å². The number of hydrogen-bond donors (Lipinski definition) is 1. The van der Waals surface area contributed by atoms with Crippen LogP contribution in [0.5, 0.6) is 11.5 Å². The molecule has 7 heteroatoms. The molecule has 1 aliphatic heterocycles. The molecule has 0 fully saturated rings. The number of benzene rings is 1. The van der Waals surface area contributed by atoms with E-state index in [0.29, 0.717) is 36.8 Å². The molecule has 1 aromatic heterocycles. The van der Waals surface area contributed by atoms with Gasteiger partial charge < -0.3 is 14.8 Å². The highest BCUT2D eigenvalue weighted by molar-refractivity contribution is 9.10. The number of anilines is 1. The number of amides is 1. The summed E-state index contributed by atoms with van der Waals surface area (Å²) < 4.78 is 13.5. The average Bonchev–Trinajstić information content (AvgIpc) is 2.94. The van der Waals surface area contributed by atoms with Crippen LogP contribution in [-0.2, 0) is 4.79 Å². The summed E-state index contributed by atoms with van der Waals surface area (Å²) in [7, 11) is 0. The molecule has 3 rings (SSSR count). The van der Waals surface area contributed by atoms with Crippen LogP contribution in [0.4, 0.5) is 5.69 Å². The van der Waals surface area contributed by atoms with Crippen molar-refractivity contribution in [3.05, 3.63) is 35.1 Å². The van der Waals surface area contributed by atoms with Gasteiger partial charge in [0.15, 0.2) is 11.5 Å². The van der Waals surface area contributed by atoms with Gasteiger partial charge in [-0.2, -0.15) is 5.10 Å². The van der Waals surface area contributed by atoms with Crippen molar-refractivity contribution in [2.45, 2.75) is 19.4 Å². The lowest BCUT2D eigenvalue weighted by Gasteiger charge is -2.20. The predicted molar refractivity (Wildman–Crippen MR) is 85.3 cm³/mol. The van der Waals surface area contributed by atoms with Crippen molar-refractivity contribution in [2.24, 2.45) is 0 Å². The molecule has 0 aliphatic carbocycles. The fraction of sp³-hybridized carbons (Fsp3) is 0.333. The molecule has 0 saturated carbocycles. The monoisotopic (exact) mass is 365 g/mol. The topological polar surface area (TPSA) is 65.4 Å². The Labute approximate surface area is 136 Å². The van der Waals surface area contributed by atoms with Gasteiger partial charge in [0.25, 0.3) is 0 Å². The largest absolute Gasteiger partial charge is 0.486 e. The molecule has 116 valence electrons. The third kappa shape index (κ3) is 3.09. The van der Waals surface area contributed by atoms with Gasteiger partial charge in [0, 0.05) is 18.0 Å². The fourth-order valence-electron chi connectivity index (χ4n) is 2.32. The first kappa shape index (κ1) is 14.9. The van der Waals surface area contributed by atoms with E-state index in [-0.39, 0.29) is 11.9 Å². The third-order valence-corrected chi connectivity index (χ3v) is 3.80. The van der Waals surface area contributed by atoms with Gasteiger partial charge in [-0.1, -0.05) is 6.92 Å². The van der Waals surface area contributed by atoms with Crippen LogP contribution in [0.3, 0.4) is 0 Å². The molecule has 2 aromatic rings. The van der Waals surface area contributed by atoms with E-state index >= 15 is 0 Å². The maximum absolute atomic E-state index is 12.5. The number of hydrogen-bond acceptors (Lipinski definition) is 4. The van der Waals surface area contributed by atoms with E-state index in [0.717, 1.165) is 4.47 Å². The van der Waals surface area contributed by atoms with Crippen LogP contribution in [0.2, 0.25) is 0 Å². The Morgan fingerprint density at radius 1 is 1.41 bits per heavy atom. The molecule has 1 atom stereocenters. The summed E-state index contributed by atoms with van der Waals surface area (Å²) in [6, 6.07) is 5.02. The number of rotatable bonds is 4. The zero-order valence-corrected chi connectivity index (χ0v) is 13.7. The second-order valence-corrected chi connectivity index (χ2v) is 5.83. The highest BCUT2D eigenvalue weighted by Gasteiger charge is 2.20. The Kier molecular flexibility index (Phi) is 4.33. The average molecular weight is 366 g/mol. The smallest absolute Gasteiger partial charge is 0.249 e. The molecule has 0 radical (unpaired) electrons. The maximum Gasteiger partial charge on any atom is 0.249 e. The van der Waals surface area contributed by atoms with Crippen molar-refractivity contribution in [3.8, 4) is 11.5 Å². The number of fused-ring (bicyclic) bond motifs is 1. The van der Waals surface area contributed by atoms with Crippen LogP contribution in [-0.4, -0.2) is 28.9 Å². The SMILES string of the molecule is CCC(C(=O)Nc1ccc2c(c1)OCCO2)n1cc(Br)cn1.